The van der Waals surface area contributed by atoms with Crippen molar-refractivity contribution in [2.24, 2.45) is 11.3 Å². The van der Waals surface area contributed by atoms with E-state index in [1.165, 1.54) is 4.90 Å². The summed E-state index contributed by atoms with van der Waals surface area (Å²) < 4.78 is 0.729. The molecule has 0 spiro atoms. The molecule has 19 heavy (non-hydrogen) atoms. The average molecular weight is 324 g/mol. The molecular formula is C15H18BrNO2. The zero-order chi connectivity index (χ0) is 14.2. The lowest BCUT2D eigenvalue weighted by molar-refractivity contribution is -0.125. The van der Waals surface area contributed by atoms with E-state index in [2.05, 4.69) is 36.7 Å². The van der Waals surface area contributed by atoms with E-state index >= 15 is 0 Å². The van der Waals surface area contributed by atoms with Gasteiger partial charge in [0.2, 0.25) is 5.91 Å². The molecule has 1 saturated heterocycles. The molecule has 0 N–H and O–H groups in total. The third-order valence-corrected chi connectivity index (χ3v) is 4.39. The lowest BCUT2D eigenvalue weighted by Gasteiger charge is -2.26. The largest absolute Gasteiger partial charge is 0.278 e. The zero-order valence-corrected chi connectivity index (χ0v) is 13.0. The van der Waals surface area contributed by atoms with Crippen LogP contribution in [0.1, 0.15) is 37.6 Å². The number of imide groups is 1. The first-order valence-electron chi connectivity index (χ1n) is 6.40. The number of likely N-dealkylation sites (tertiary alicyclic amines) is 1. The van der Waals surface area contributed by atoms with Crippen LogP contribution in [0.4, 0.5) is 0 Å². The van der Waals surface area contributed by atoms with Crippen molar-refractivity contribution in [1.29, 1.82) is 0 Å². The Morgan fingerprint density at radius 3 is 2.47 bits per heavy atom. The highest BCUT2D eigenvalue weighted by atomic mass is 79.9. The second-order valence-corrected chi connectivity index (χ2v) is 6.91. The van der Waals surface area contributed by atoms with Crippen LogP contribution in [-0.4, -0.2) is 23.3 Å². The molecule has 0 aromatic heterocycles. The van der Waals surface area contributed by atoms with Crippen molar-refractivity contribution >= 4 is 27.7 Å². The second kappa shape index (κ2) is 5.08. The van der Waals surface area contributed by atoms with Crippen LogP contribution in [0, 0.1) is 11.3 Å². The predicted molar refractivity (Wildman–Crippen MR) is 77.7 cm³/mol. The molecule has 1 aromatic rings. The number of carbonyl (C=O) groups is 2. The molecule has 1 heterocycles. The molecule has 102 valence electrons. The van der Waals surface area contributed by atoms with Gasteiger partial charge in [-0.1, -0.05) is 32.9 Å². The van der Waals surface area contributed by atoms with Gasteiger partial charge in [0.1, 0.15) is 0 Å². The normalized spacial score (nSPS) is 19.9. The van der Waals surface area contributed by atoms with E-state index in [1.54, 1.807) is 12.1 Å². The van der Waals surface area contributed by atoms with E-state index in [4.69, 9.17) is 0 Å². The standard InChI is InChI=1S/C15H18BrNO2/c1-15(2,3)10-8-13(18)17(9-10)14(19)11-6-4-5-7-12(11)16/h4-7,10H,8-9H2,1-3H3. The third kappa shape index (κ3) is 2.89. The maximum absolute atomic E-state index is 12.4. The minimum absolute atomic E-state index is 0.0403. The molecule has 2 amide bonds. The fourth-order valence-corrected chi connectivity index (χ4v) is 2.72. The molecular weight excluding hydrogens is 306 g/mol. The monoisotopic (exact) mass is 323 g/mol. The van der Waals surface area contributed by atoms with E-state index in [0.29, 0.717) is 18.5 Å². The molecule has 1 aliphatic rings. The number of halogens is 1. The number of hydrogen-bond acceptors (Lipinski definition) is 2. The van der Waals surface area contributed by atoms with Crippen molar-refractivity contribution in [1.82, 2.24) is 4.90 Å². The van der Waals surface area contributed by atoms with Crippen molar-refractivity contribution in [3.63, 3.8) is 0 Å². The van der Waals surface area contributed by atoms with Gasteiger partial charge in [-0.25, -0.2) is 0 Å². The highest BCUT2D eigenvalue weighted by Gasteiger charge is 2.40. The molecule has 4 heteroatoms. The molecule has 1 unspecified atom stereocenters. The van der Waals surface area contributed by atoms with Gasteiger partial charge in [0, 0.05) is 17.4 Å². The first-order chi connectivity index (χ1) is 8.80. The average Bonchev–Trinajstić information content (AvgIpc) is 2.71. The molecule has 1 atom stereocenters. The van der Waals surface area contributed by atoms with Gasteiger partial charge in [-0.15, -0.1) is 0 Å². The van der Waals surface area contributed by atoms with Crippen LogP contribution >= 0.6 is 15.9 Å². The number of rotatable bonds is 1. The Kier molecular flexibility index (Phi) is 3.81. The lowest BCUT2D eigenvalue weighted by Crippen LogP contribution is -2.33. The van der Waals surface area contributed by atoms with Gasteiger partial charge in [-0.05, 0) is 39.4 Å². The first-order valence-corrected chi connectivity index (χ1v) is 7.19. The maximum atomic E-state index is 12.4. The Morgan fingerprint density at radius 2 is 1.95 bits per heavy atom. The van der Waals surface area contributed by atoms with Gasteiger partial charge in [0.25, 0.3) is 5.91 Å². The van der Waals surface area contributed by atoms with Crippen LogP contribution in [0.25, 0.3) is 0 Å². The van der Waals surface area contributed by atoms with Gasteiger partial charge in [-0.2, -0.15) is 0 Å². The summed E-state index contributed by atoms with van der Waals surface area (Å²) in [6.07, 6.45) is 0.458. The lowest BCUT2D eigenvalue weighted by atomic mass is 9.80. The molecule has 0 radical (unpaired) electrons. The Hall–Kier alpha value is -1.16. The Morgan fingerprint density at radius 1 is 1.32 bits per heavy atom. The summed E-state index contributed by atoms with van der Waals surface area (Å²) in [6, 6.07) is 7.21. The van der Waals surface area contributed by atoms with Crippen molar-refractivity contribution in [2.75, 3.05) is 6.54 Å². The number of amides is 2. The van der Waals surface area contributed by atoms with Crippen LogP contribution in [-0.2, 0) is 4.79 Å². The molecule has 1 aliphatic heterocycles. The van der Waals surface area contributed by atoms with E-state index in [1.807, 2.05) is 12.1 Å². The maximum Gasteiger partial charge on any atom is 0.261 e. The van der Waals surface area contributed by atoms with Gasteiger partial charge in [0.15, 0.2) is 0 Å². The quantitative estimate of drug-likeness (QED) is 0.742. The van der Waals surface area contributed by atoms with Crippen molar-refractivity contribution in [2.45, 2.75) is 27.2 Å². The molecule has 2 rings (SSSR count). The zero-order valence-electron chi connectivity index (χ0n) is 11.4. The predicted octanol–water partition coefficient (Wildman–Crippen LogP) is 3.48. The summed E-state index contributed by atoms with van der Waals surface area (Å²) in [5, 5.41) is 0. The number of hydrogen-bond donors (Lipinski definition) is 0. The van der Waals surface area contributed by atoms with E-state index in [9.17, 15) is 9.59 Å². The van der Waals surface area contributed by atoms with Crippen LogP contribution in [0.2, 0.25) is 0 Å². The van der Waals surface area contributed by atoms with Gasteiger partial charge in [0.05, 0.1) is 5.56 Å². The fourth-order valence-electron chi connectivity index (χ4n) is 2.26. The first kappa shape index (κ1) is 14.3. The summed E-state index contributed by atoms with van der Waals surface area (Å²) in [4.78, 5) is 25.9. The number of benzene rings is 1. The topological polar surface area (TPSA) is 37.4 Å². The van der Waals surface area contributed by atoms with E-state index in [0.717, 1.165) is 4.47 Å². The fraction of sp³-hybridized carbons (Fsp3) is 0.467. The Balaban J connectivity index is 2.22. The summed E-state index contributed by atoms with van der Waals surface area (Å²) in [5.41, 5.74) is 0.587. The summed E-state index contributed by atoms with van der Waals surface area (Å²) in [7, 11) is 0. The highest BCUT2D eigenvalue weighted by molar-refractivity contribution is 9.10. The highest BCUT2D eigenvalue weighted by Crippen LogP contribution is 2.35. The van der Waals surface area contributed by atoms with Gasteiger partial charge >= 0.3 is 0 Å². The van der Waals surface area contributed by atoms with Gasteiger partial charge < -0.3 is 0 Å². The molecule has 3 nitrogen and oxygen atoms in total. The van der Waals surface area contributed by atoms with Gasteiger partial charge in [-0.3, -0.25) is 14.5 Å². The summed E-state index contributed by atoms with van der Waals surface area (Å²) in [6.45, 7) is 6.84. The Labute approximate surface area is 122 Å². The minimum Gasteiger partial charge on any atom is -0.278 e. The third-order valence-electron chi connectivity index (χ3n) is 3.70. The molecule has 0 bridgehead atoms. The number of nitrogens with zero attached hydrogens (tertiary/aromatic N) is 1. The van der Waals surface area contributed by atoms with Crippen LogP contribution < -0.4 is 0 Å². The van der Waals surface area contributed by atoms with Crippen LogP contribution in [0.5, 0.6) is 0 Å². The smallest absolute Gasteiger partial charge is 0.261 e. The van der Waals surface area contributed by atoms with Crippen molar-refractivity contribution in [3.8, 4) is 0 Å². The molecule has 0 saturated carbocycles. The van der Waals surface area contributed by atoms with E-state index in [-0.39, 0.29) is 23.1 Å². The van der Waals surface area contributed by atoms with Crippen molar-refractivity contribution < 1.29 is 9.59 Å². The van der Waals surface area contributed by atoms with Crippen molar-refractivity contribution in [3.05, 3.63) is 34.3 Å². The van der Waals surface area contributed by atoms with Crippen LogP contribution in [0.3, 0.4) is 0 Å². The Bertz CT molecular complexity index is 519. The van der Waals surface area contributed by atoms with Crippen LogP contribution in [0.15, 0.2) is 28.7 Å². The minimum atomic E-state index is -0.204. The molecule has 1 aromatic carbocycles. The SMILES string of the molecule is CC(C)(C)C1CC(=O)N(C(=O)c2ccccc2Br)C1. The second-order valence-electron chi connectivity index (χ2n) is 6.06. The molecule has 1 fully saturated rings. The molecule has 0 aliphatic carbocycles. The number of carbonyl (C=O) groups excluding carboxylic acids is 2. The summed E-state index contributed by atoms with van der Waals surface area (Å²) in [5.74, 6) is -0.0451. The van der Waals surface area contributed by atoms with E-state index < -0.39 is 0 Å². The summed E-state index contributed by atoms with van der Waals surface area (Å²) >= 11 is 3.36.